The summed E-state index contributed by atoms with van der Waals surface area (Å²) in [6, 6.07) is 8.99. The number of benzene rings is 1. The van der Waals surface area contributed by atoms with Crippen molar-refractivity contribution >= 4 is 0 Å². The van der Waals surface area contributed by atoms with Crippen LogP contribution in [0.4, 0.5) is 0 Å². The van der Waals surface area contributed by atoms with Gasteiger partial charge in [0.05, 0.1) is 5.69 Å². The third-order valence-electron chi connectivity index (χ3n) is 4.98. The monoisotopic (exact) mass is 337 g/mol. The Morgan fingerprint density at radius 3 is 2.40 bits per heavy atom. The molecule has 0 bridgehead atoms. The van der Waals surface area contributed by atoms with E-state index >= 15 is 0 Å². The third-order valence-corrected chi connectivity index (χ3v) is 4.98. The number of aryl methyl sites for hydroxylation is 3. The fraction of sp³-hybridized carbons (Fsp3) is 0.400. The van der Waals surface area contributed by atoms with E-state index in [1.54, 1.807) is 0 Å². The van der Waals surface area contributed by atoms with Gasteiger partial charge in [0, 0.05) is 36.9 Å². The standard InChI is InChI=1S/C20H27N5/c1-14(21-11-10-20-15(2)23-24(5)16(20)3)18-6-8-19(9-7-18)25-13-12-22-17(25)4/h6-9,12-14,21H,10-11H2,1-5H3. The number of nitrogens with one attached hydrogen (secondary N) is 1. The quantitative estimate of drug-likeness (QED) is 0.750. The number of hydrogen-bond donors (Lipinski definition) is 1. The second-order valence-corrected chi connectivity index (χ2v) is 6.63. The Labute approximate surface area is 149 Å². The second kappa shape index (κ2) is 7.23. The minimum atomic E-state index is 0.315. The van der Waals surface area contributed by atoms with Gasteiger partial charge in [-0.2, -0.15) is 5.10 Å². The lowest BCUT2D eigenvalue weighted by atomic mass is 10.1. The summed E-state index contributed by atoms with van der Waals surface area (Å²) in [5.41, 5.74) is 6.18. The summed E-state index contributed by atoms with van der Waals surface area (Å²) in [5, 5.41) is 8.11. The molecule has 1 atom stereocenters. The van der Waals surface area contributed by atoms with Gasteiger partial charge in [-0.1, -0.05) is 12.1 Å². The minimum absolute atomic E-state index is 0.315. The molecule has 5 nitrogen and oxygen atoms in total. The highest BCUT2D eigenvalue weighted by molar-refractivity contribution is 5.36. The molecule has 0 aliphatic carbocycles. The number of nitrogens with zero attached hydrogens (tertiary/aromatic N) is 4. The van der Waals surface area contributed by atoms with Crippen LogP contribution in [0.1, 0.15) is 41.3 Å². The minimum Gasteiger partial charge on any atom is -0.310 e. The maximum absolute atomic E-state index is 4.49. The van der Waals surface area contributed by atoms with Crippen LogP contribution in [0, 0.1) is 20.8 Å². The van der Waals surface area contributed by atoms with Crippen LogP contribution in [-0.2, 0) is 13.5 Å². The first kappa shape index (κ1) is 17.4. The zero-order chi connectivity index (χ0) is 18.0. The van der Waals surface area contributed by atoms with E-state index in [0.29, 0.717) is 6.04 Å². The molecule has 1 N–H and O–H groups in total. The van der Waals surface area contributed by atoms with Crippen molar-refractivity contribution in [3.05, 3.63) is 65.0 Å². The Morgan fingerprint density at radius 1 is 1.12 bits per heavy atom. The molecule has 3 aromatic rings. The summed E-state index contributed by atoms with van der Waals surface area (Å²) >= 11 is 0. The van der Waals surface area contributed by atoms with Crippen LogP contribution >= 0.6 is 0 Å². The third kappa shape index (κ3) is 3.66. The molecule has 0 spiro atoms. The molecule has 132 valence electrons. The van der Waals surface area contributed by atoms with E-state index in [-0.39, 0.29) is 0 Å². The van der Waals surface area contributed by atoms with Crippen molar-refractivity contribution < 1.29 is 0 Å². The highest BCUT2D eigenvalue weighted by Crippen LogP contribution is 2.17. The lowest BCUT2D eigenvalue weighted by Crippen LogP contribution is -2.21. The summed E-state index contributed by atoms with van der Waals surface area (Å²) in [4.78, 5) is 4.28. The second-order valence-electron chi connectivity index (χ2n) is 6.63. The molecule has 3 rings (SSSR count). The molecule has 0 fully saturated rings. The maximum Gasteiger partial charge on any atom is 0.110 e. The average Bonchev–Trinajstić information content (AvgIpc) is 3.13. The van der Waals surface area contributed by atoms with Crippen LogP contribution in [0.2, 0.25) is 0 Å². The van der Waals surface area contributed by atoms with Gasteiger partial charge in [0.25, 0.3) is 0 Å². The van der Waals surface area contributed by atoms with Crippen molar-refractivity contribution in [2.75, 3.05) is 6.54 Å². The van der Waals surface area contributed by atoms with Gasteiger partial charge in [-0.05, 0) is 63.9 Å². The molecule has 1 unspecified atom stereocenters. The van der Waals surface area contributed by atoms with Gasteiger partial charge in [0.15, 0.2) is 0 Å². The van der Waals surface area contributed by atoms with E-state index in [2.05, 4.69) is 65.0 Å². The predicted molar refractivity (Wildman–Crippen MR) is 101 cm³/mol. The Bertz CT molecular complexity index is 842. The summed E-state index contributed by atoms with van der Waals surface area (Å²) in [6.07, 6.45) is 4.82. The smallest absolute Gasteiger partial charge is 0.110 e. The van der Waals surface area contributed by atoms with Crippen molar-refractivity contribution in [1.82, 2.24) is 24.6 Å². The molecule has 0 aliphatic heterocycles. The van der Waals surface area contributed by atoms with E-state index in [4.69, 9.17) is 0 Å². The van der Waals surface area contributed by atoms with Gasteiger partial charge in [-0.3, -0.25) is 4.68 Å². The highest BCUT2D eigenvalue weighted by atomic mass is 15.3. The molecule has 0 aliphatic rings. The summed E-state index contributed by atoms with van der Waals surface area (Å²) in [5.74, 6) is 1.00. The van der Waals surface area contributed by atoms with Crippen molar-refractivity contribution in [1.29, 1.82) is 0 Å². The first-order valence-corrected chi connectivity index (χ1v) is 8.80. The van der Waals surface area contributed by atoms with E-state index in [1.807, 2.05) is 31.0 Å². The Balaban J connectivity index is 1.60. The van der Waals surface area contributed by atoms with E-state index < -0.39 is 0 Å². The number of imidazole rings is 1. The van der Waals surface area contributed by atoms with Crippen LogP contribution in [-0.4, -0.2) is 25.9 Å². The van der Waals surface area contributed by atoms with E-state index in [9.17, 15) is 0 Å². The van der Waals surface area contributed by atoms with Crippen molar-refractivity contribution in [2.24, 2.45) is 7.05 Å². The van der Waals surface area contributed by atoms with Crippen molar-refractivity contribution in [3.8, 4) is 5.69 Å². The van der Waals surface area contributed by atoms with Gasteiger partial charge in [-0.15, -0.1) is 0 Å². The molecule has 2 aromatic heterocycles. The lowest BCUT2D eigenvalue weighted by Gasteiger charge is -2.15. The molecule has 2 heterocycles. The molecule has 0 saturated carbocycles. The first-order chi connectivity index (χ1) is 12.0. The zero-order valence-corrected chi connectivity index (χ0v) is 15.7. The Kier molecular flexibility index (Phi) is 5.04. The topological polar surface area (TPSA) is 47.7 Å². The van der Waals surface area contributed by atoms with Crippen LogP contribution in [0.3, 0.4) is 0 Å². The van der Waals surface area contributed by atoms with Gasteiger partial charge >= 0.3 is 0 Å². The predicted octanol–water partition coefficient (Wildman–Crippen LogP) is 3.42. The Morgan fingerprint density at radius 2 is 1.84 bits per heavy atom. The van der Waals surface area contributed by atoms with Crippen LogP contribution in [0.25, 0.3) is 5.69 Å². The average molecular weight is 337 g/mol. The van der Waals surface area contributed by atoms with Crippen LogP contribution < -0.4 is 5.32 Å². The van der Waals surface area contributed by atoms with Crippen LogP contribution in [0.5, 0.6) is 0 Å². The number of rotatable bonds is 6. The zero-order valence-electron chi connectivity index (χ0n) is 15.7. The maximum atomic E-state index is 4.49. The highest BCUT2D eigenvalue weighted by Gasteiger charge is 2.10. The van der Waals surface area contributed by atoms with E-state index in [1.165, 1.54) is 16.8 Å². The van der Waals surface area contributed by atoms with Gasteiger partial charge in [0.1, 0.15) is 5.82 Å². The van der Waals surface area contributed by atoms with Crippen LogP contribution in [0.15, 0.2) is 36.7 Å². The molecule has 1 aromatic carbocycles. The summed E-state index contributed by atoms with van der Waals surface area (Å²) < 4.78 is 4.06. The largest absolute Gasteiger partial charge is 0.310 e. The summed E-state index contributed by atoms with van der Waals surface area (Å²) in [7, 11) is 2.01. The summed E-state index contributed by atoms with van der Waals surface area (Å²) in [6.45, 7) is 9.38. The molecular weight excluding hydrogens is 310 g/mol. The number of hydrogen-bond acceptors (Lipinski definition) is 3. The fourth-order valence-electron chi connectivity index (χ4n) is 3.29. The number of aromatic nitrogens is 4. The molecule has 5 heteroatoms. The normalized spacial score (nSPS) is 12.5. The van der Waals surface area contributed by atoms with Crippen molar-refractivity contribution in [3.63, 3.8) is 0 Å². The van der Waals surface area contributed by atoms with E-state index in [0.717, 1.165) is 30.2 Å². The molecule has 0 saturated heterocycles. The van der Waals surface area contributed by atoms with Gasteiger partial charge < -0.3 is 9.88 Å². The Hall–Kier alpha value is -2.40. The molecule has 25 heavy (non-hydrogen) atoms. The first-order valence-electron chi connectivity index (χ1n) is 8.80. The fourth-order valence-corrected chi connectivity index (χ4v) is 3.29. The molecule has 0 amide bonds. The van der Waals surface area contributed by atoms with Gasteiger partial charge in [0.2, 0.25) is 0 Å². The molecule has 0 radical (unpaired) electrons. The lowest BCUT2D eigenvalue weighted by molar-refractivity contribution is 0.575. The van der Waals surface area contributed by atoms with Gasteiger partial charge in [-0.25, -0.2) is 4.98 Å². The molecular formula is C20H27N5. The SMILES string of the molecule is Cc1nn(C)c(C)c1CCNC(C)c1ccc(-n2ccnc2C)cc1. The van der Waals surface area contributed by atoms with Crippen molar-refractivity contribution in [2.45, 2.75) is 40.2 Å².